The molecule has 6 nitrogen and oxygen atoms in total. The maximum atomic E-state index is 5.42. The zero-order valence-electron chi connectivity index (χ0n) is 12.6. The minimum absolute atomic E-state index is 0.462. The van der Waals surface area contributed by atoms with E-state index in [0.29, 0.717) is 38.2 Å². The van der Waals surface area contributed by atoms with Crippen LogP contribution in [0.4, 0.5) is 0 Å². The van der Waals surface area contributed by atoms with Crippen LogP contribution in [-0.2, 0) is 16.0 Å². The van der Waals surface area contributed by atoms with Crippen molar-refractivity contribution < 1.29 is 14.2 Å². The van der Waals surface area contributed by atoms with Crippen LogP contribution in [0.2, 0.25) is 0 Å². The molecule has 0 aliphatic carbocycles. The summed E-state index contributed by atoms with van der Waals surface area (Å²) in [5.41, 5.74) is 0.911. The smallest absolute Gasteiger partial charge is 0.232 e. The molecule has 0 amide bonds. The molecule has 0 spiro atoms. The van der Waals surface area contributed by atoms with Gasteiger partial charge in [-0.05, 0) is 12.5 Å². The molecule has 1 aromatic heterocycles. The number of nitrogens with zero attached hydrogens (tertiary/aromatic N) is 2. The summed E-state index contributed by atoms with van der Waals surface area (Å²) in [6.45, 7) is 8.19. The van der Waals surface area contributed by atoms with Crippen molar-refractivity contribution in [1.82, 2.24) is 15.3 Å². The Hall–Kier alpha value is -1.24. The van der Waals surface area contributed by atoms with E-state index in [-0.39, 0.29) is 0 Å². The highest BCUT2D eigenvalue weighted by Gasteiger charge is 2.00. The average molecular weight is 283 g/mol. The first-order chi connectivity index (χ1) is 9.72. The zero-order valence-corrected chi connectivity index (χ0v) is 12.6. The number of hydrogen-bond acceptors (Lipinski definition) is 6. The molecular weight excluding hydrogens is 258 g/mol. The Kier molecular flexibility index (Phi) is 8.86. The van der Waals surface area contributed by atoms with Crippen LogP contribution in [-0.4, -0.2) is 50.1 Å². The minimum Gasteiger partial charge on any atom is -0.474 e. The van der Waals surface area contributed by atoms with Gasteiger partial charge >= 0.3 is 0 Å². The van der Waals surface area contributed by atoms with Crippen molar-refractivity contribution in [3.63, 3.8) is 0 Å². The third kappa shape index (κ3) is 8.04. The van der Waals surface area contributed by atoms with Crippen LogP contribution in [0.15, 0.2) is 12.4 Å². The minimum atomic E-state index is 0.462. The average Bonchev–Trinajstić information content (AvgIpc) is 2.44. The van der Waals surface area contributed by atoms with Gasteiger partial charge in [0.05, 0.1) is 37.9 Å². The normalized spacial score (nSPS) is 11.0. The van der Waals surface area contributed by atoms with Gasteiger partial charge in [0.25, 0.3) is 0 Å². The second-order valence-electron chi connectivity index (χ2n) is 4.82. The molecular formula is C14H25N3O3. The van der Waals surface area contributed by atoms with Crippen molar-refractivity contribution in [2.45, 2.75) is 20.4 Å². The van der Waals surface area contributed by atoms with E-state index >= 15 is 0 Å². The van der Waals surface area contributed by atoms with Crippen LogP contribution in [0.25, 0.3) is 0 Å². The maximum Gasteiger partial charge on any atom is 0.232 e. The largest absolute Gasteiger partial charge is 0.474 e. The quantitative estimate of drug-likeness (QED) is 0.617. The first-order valence-electron chi connectivity index (χ1n) is 6.93. The number of methoxy groups -OCH3 is 1. The Morgan fingerprint density at radius 3 is 2.55 bits per heavy atom. The van der Waals surface area contributed by atoms with Gasteiger partial charge in [-0.3, -0.25) is 4.98 Å². The molecule has 20 heavy (non-hydrogen) atoms. The van der Waals surface area contributed by atoms with Crippen molar-refractivity contribution >= 4 is 0 Å². The van der Waals surface area contributed by atoms with Gasteiger partial charge in [-0.2, -0.15) is 0 Å². The van der Waals surface area contributed by atoms with E-state index in [1.165, 1.54) is 0 Å². The molecule has 0 radical (unpaired) electrons. The molecule has 0 unspecified atom stereocenters. The van der Waals surface area contributed by atoms with Crippen LogP contribution < -0.4 is 10.1 Å². The second-order valence-corrected chi connectivity index (χ2v) is 4.82. The number of rotatable bonds is 11. The molecule has 0 bridgehead atoms. The van der Waals surface area contributed by atoms with Crippen LogP contribution in [0, 0.1) is 5.92 Å². The van der Waals surface area contributed by atoms with Crippen LogP contribution in [0.1, 0.15) is 19.5 Å². The monoisotopic (exact) mass is 283 g/mol. The fraction of sp³-hybridized carbons (Fsp3) is 0.714. The van der Waals surface area contributed by atoms with E-state index in [1.54, 1.807) is 19.5 Å². The van der Waals surface area contributed by atoms with Crippen LogP contribution >= 0.6 is 0 Å². The Labute approximate surface area is 120 Å². The number of nitrogens with one attached hydrogen (secondary N) is 1. The summed E-state index contributed by atoms with van der Waals surface area (Å²) in [6, 6.07) is 0. The Bertz CT molecular complexity index is 344. The predicted molar refractivity (Wildman–Crippen MR) is 76.8 cm³/mol. The summed E-state index contributed by atoms with van der Waals surface area (Å²) in [4.78, 5) is 8.50. The molecule has 114 valence electrons. The van der Waals surface area contributed by atoms with Gasteiger partial charge < -0.3 is 19.5 Å². The maximum absolute atomic E-state index is 5.42. The lowest BCUT2D eigenvalue weighted by Gasteiger charge is -2.08. The third-order valence-electron chi connectivity index (χ3n) is 2.45. The van der Waals surface area contributed by atoms with E-state index in [9.17, 15) is 0 Å². The second kappa shape index (κ2) is 10.5. The summed E-state index contributed by atoms with van der Waals surface area (Å²) >= 11 is 0. The summed E-state index contributed by atoms with van der Waals surface area (Å²) in [6.07, 6.45) is 3.37. The number of hydrogen-bond donors (Lipinski definition) is 1. The molecule has 0 fully saturated rings. The lowest BCUT2D eigenvalue weighted by molar-refractivity contribution is 0.0536. The fourth-order valence-corrected chi connectivity index (χ4v) is 1.45. The molecule has 6 heteroatoms. The molecule has 1 rings (SSSR count). The predicted octanol–water partition coefficient (Wildman–Crippen LogP) is 1.26. The van der Waals surface area contributed by atoms with E-state index in [1.807, 2.05) is 0 Å². The molecule has 0 aromatic carbocycles. The first-order valence-corrected chi connectivity index (χ1v) is 6.93. The van der Waals surface area contributed by atoms with Crippen molar-refractivity contribution in [1.29, 1.82) is 0 Å². The van der Waals surface area contributed by atoms with Gasteiger partial charge in [0.1, 0.15) is 6.61 Å². The molecule has 0 saturated heterocycles. The molecule has 0 saturated carbocycles. The van der Waals surface area contributed by atoms with Gasteiger partial charge in [-0.15, -0.1) is 0 Å². The summed E-state index contributed by atoms with van der Waals surface area (Å²) in [5.74, 6) is 1.15. The van der Waals surface area contributed by atoms with Crippen LogP contribution in [0.3, 0.4) is 0 Å². The molecule has 0 aliphatic heterocycles. The van der Waals surface area contributed by atoms with Gasteiger partial charge in [-0.1, -0.05) is 13.8 Å². The van der Waals surface area contributed by atoms with E-state index in [2.05, 4.69) is 29.1 Å². The van der Waals surface area contributed by atoms with Crippen LogP contribution in [0.5, 0.6) is 5.88 Å². The highest BCUT2D eigenvalue weighted by Crippen LogP contribution is 2.03. The fourth-order valence-electron chi connectivity index (χ4n) is 1.45. The number of aromatic nitrogens is 2. The number of ether oxygens (including phenoxy) is 3. The SMILES string of the molecule is COCCOCCOc1cnc(CNCC(C)C)cn1. The zero-order chi connectivity index (χ0) is 14.6. The lowest BCUT2D eigenvalue weighted by Crippen LogP contribution is -2.19. The van der Waals surface area contributed by atoms with E-state index in [4.69, 9.17) is 14.2 Å². The Morgan fingerprint density at radius 2 is 1.90 bits per heavy atom. The topological polar surface area (TPSA) is 65.5 Å². The van der Waals surface area contributed by atoms with Crippen molar-refractivity contribution in [2.75, 3.05) is 40.1 Å². The molecule has 0 atom stereocenters. The van der Waals surface area contributed by atoms with Crippen molar-refractivity contribution in [2.24, 2.45) is 5.92 Å². The van der Waals surface area contributed by atoms with Gasteiger partial charge in [-0.25, -0.2) is 4.98 Å². The molecule has 1 heterocycles. The first kappa shape index (κ1) is 16.8. The standard InChI is InChI=1S/C14H25N3O3/c1-12(2)8-15-9-13-10-17-14(11-16-13)20-7-6-19-5-4-18-3/h10-12,15H,4-9H2,1-3H3. The van der Waals surface area contributed by atoms with Gasteiger partial charge in [0.2, 0.25) is 5.88 Å². The molecule has 0 aliphatic rings. The van der Waals surface area contributed by atoms with Crippen molar-refractivity contribution in [3.05, 3.63) is 18.1 Å². The van der Waals surface area contributed by atoms with Crippen molar-refractivity contribution in [3.8, 4) is 5.88 Å². The summed E-state index contributed by atoms with van der Waals surface area (Å²) in [7, 11) is 1.65. The highest BCUT2D eigenvalue weighted by molar-refractivity contribution is 5.07. The highest BCUT2D eigenvalue weighted by atomic mass is 16.5. The summed E-state index contributed by atoms with van der Waals surface area (Å²) < 4.78 is 15.6. The summed E-state index contributed by atoms with van der Waals surface area (Å²) in [5, 5.41) is 3.32. The Balaban J connectivity index is 2.15. The lowest BCUT2D eigenvalue weighted by atomic mass is 10.2. The Morgan fingerprint density at radius 1 is 1.10 bits per heavy atom. The van der Waals surface area contributed by atoms with E-state index in [0.717, 1.165) is 18.8 Å². The molecule has 1 N–H and O–H groups in total. The molecule has 1 aromatic rings. The van der Waals surface area contributed by atoms with Gasteiger partial charge in [0, 0.05) is 13.7 Å². The van der Waals surface area contributed by atoms with Gasteiger partial charge in [0.15, 0.2) is 0 Å². The third-order valence-corrected chi connectivity index (χ3v) is 2.45. The van der Waals surface area contributed by atoms with E-state index < -0.39 is 0 Å².